The number of nitrogens with zero attached hydrogens (tertiary/aromatic N) is 4. The number of halogens is 2. The van der Waals surface area contributed by atoms with Gasteiger partial charge in [0.05, 0.1) is 5.88 Å². The van der Waals surface area contributed by atoms with Gasteiger partial charge in [-0.05, 0) is 35.8 Å². The Bertz CT molecular complexity index is 643. The molecule has 1 atom stereocenters. The second kappa shape index (κ2) is 6.10. The molecule has 0 fully saturated rings. The summed E-state index contributed by atoms with van der Waals surface area (Å²) in [5.41, 5.74) is 1.41. The Labute approximate surface area is 131 Å². The van der Waals surface area contributed by atoms with Crippen LogP contribution in [0.25, 0.3) is 11.2 Å². The number of rotatable bonds is 4. The number of likely N-dealkylation sites (N-methyl/N-ethyl adjacent to an activating group) is 1. The summed E-state index contributed by atoms with van der Waals surface area (Å²) in [5.74, 6) is 0.905. The van der Waals surface area contributed by atoms with Crippen LogP contribution >= 0.6 is 27.5 Å². The predicted octanol–water partition coefficient (Wildman–Crippen LogP) is 2.97. The molecule has 0 radical (unpaired) electrons. The van der Waals surface area contributed by atoms with E-state index in [-0.39, 0.29) is 17.8 Å². The van der Waals surface area contributed by atoms with Gasteiger partial charge in [-0.3, -0.25) is 9.36 Å². The summed E-state index contributed by atoms with van der Waals surface area (Å²) in [6.45, 7) is 4.44. The molecule has 0 spiro atoms. The molecule has 0 saturated carbocycles. The van der Waals surface area contributed by atoms with Crippen molar-refractivity contribution in [2.24, 2.45) is 0 Å². The lowest BCUT2D eigenvalue weighted by atomic mass is 10.2. The van der Waals surface area contributed by atoms with Gasteiger partial charge in [0.15, 0.2) is 5.65 Å². The van der Waals surface area contributed by atoms with Gasteiger partial charge >= 0.3 is 0 Å². The Balaban J connectivity index is 2.54. The molecular weight excluding hydrogens is 344 g/mol. The Morgan fingerprint density at radius 2 is 2.30 bits per heavy atom. The number of carbonyl (C=O) groups excluding carboxylic acids is 1. The van der Waals surface area contributed by atoms with Crippen LogP contribution < -0.4 is 0 Å². The van der Waals surface area contributed by atoms with Crippen LogP contribution in [0, 0.1) is 0 Å². The molecule has 2 heterocycles. The minimum Gasteiger partial charge on any atom is -0.344 e. The maximum Gasteiger partial charge on any atom is 0.245 e. The molecule has 0 aliphatic carbocycles. The number of amides is 1. The average Bonchev–Trinajstić information content (AvgIpc) is 2.82. The van der Waals surface area contributed by atoms with E-state index in [1.165, 1.54) is 0 Å². The fraction of sp³-hybridized carbons (Fsp3) is 0.462. The van der Waals surface area contributed by atoms with Crippen molar-refractivity contribution in [3.63, 3.8) is 0 Å². The number of hydrogen-bond donors (Lipinski definition) is 0. The minimum atomic E-state index is -0.382. The molecule has 7 heteroatoms. The van der Waals surface area contributed by atoms with Gasteiger partial charge in [0.25, 0.3) is 0 Å². The summed E-state index contributed by atoms with van der Waals surface area (Å²) in [5, 5.41) is 0. The smallest absolute Gasteiger partial charge is 0.245 e. The fourth-order valence-corrected chi connectivity index (χ4v) is 2.60. The molecule has 0 aliphatic rings. The summed E-state index contributed by atoms with van der Waals surface area (Å²) in [6.07, 6.45) is 1.69. The van der Waals surface area contributed by atoms with Crippen molar-refractivity contribution >= 4 is 44.6 Å². The zero-order chi connectivity index (χ0) is 14.9. The Morgan fingerprint density at radius 1 is 1.60 bits per heavy atom. The molecule has 2 aromatic heterocycles. The molecule has 1 amide bonds. The van der Waals surface area contributed by atoms with E-state index in [0.717, 1.165) is 9.99 Å². The minimum absolute atomic E-state index is 0.0166. The van der Waals surface area contributed by atoms with Crippen molar-refractivity contribution in [1.29, 1.82) is 0 Å². The van der Waals surface area contributed by atoms with Crippen molar-refractivity contribution in [2.45, 2.75) is 25.8 Å². The van der Waals surface area contributed by atoms with Crippen molar-refractivity contribution in [2.75, 3.05) is 13.6 Å². The van der Waals surface area contributed by atoms with Gasteiger partial charge in [-0.25, -0.2) is 9.97 Å². The first-order valence-electron chi connectivity index (χ1n) is 6.32. The number of fused-ring (bicyclic) bond motifs is 1. The first kappa shape index (κ1) is 15.3. The average molecular weight is 360 g/mol. The third-order valence-corrected chi connectivity index (χ3v) is 3.96. The standard InChI is InChI=1S/C13H16BrClN4O/c1-4-18(3)13(20)8(2)19-11(6-15)17-10-5-9(14)7-16-12(10)19/h5,7-8H,4,6H2,1-3H3. The van der Waals surface area contributed by atoms with Crippen molar-refractivity contribution in [3.8, 4) is 0 Å². The van der Waals surface area contributed by atoms with Crippen LogP contribution in [0.2, 0.25) is 0 Å². The number of pyridine rings is 1. The van der Waals surface area contributed by atoms with Crippen LogP contribution in [0.1, 0.15) is 25.7 Å². The van der Waals surface area contributed by atoms with E-state index < -0.39 is 0 Å². The van der Waals surface area contributed by atoms with Crippen molar-refractivity contribution in [3.05, 3.63) is 22.6 Å². The zero-order valence-electron chi connectivity index (χ0n) is 11.6. The molecule has 2 rings (SSSR count). The van der Waals surface area contributed by atoms with Gasteiger partial charge in [0.1, 0.15) is 17.4 Å². The topological polar surface area (TPSA) is 51.0 Å². The Kier molecular flexibility index (Phi) is 4.65. The van der Waals surface area contributed by atoms with Crippen LogP contribution in [0.3, 0.4) is 0 Å². The van der Waals surface area contributed by atoms with E-state index in [2.05, 4.69) is 25.9 Å². The number of alkyl halides is 1. The van der Waals surface area contributed by atoms with Gasteiger partial charge < -0.3 is 4.90 Å². The monoisotopic (exact) mass is 358 g/mol. The number of carbonyl (C=O) groups is 1. The molecule has 2 aromatic rings. The van der Waals surface area contributed by atoms with E-state index in [1.807, 2.05) is 24.5 Å². The third-order valence-electron chi connectivity index (χ3n) is 3.28. The Hall–Kier alpha value is -1.14. The molecule has 0 aromatic carbocycles. The fourth-order valence-electron chi connectivity index (χ4n) is 2.09. The first-order chi connectivity index (χ1) is 9.49. The molecule has 0 bridgehead atoms. The van der Waals surface area contributed by atoms with Crippen LogP contribution in [-0.4, -0.2) is 38.9 Å². The van der Waals surface area contributed by atoms with Crippen LogP contribution in [-0.2, 0) is 10.7 Å². The van der Waals surface area contributed by atoms with Crippen LogP contribution in [0.5, 0.6) is 0 Å². The van der Waals surface area contributed by atoms with Crippen LogP contribution in [0.15, 0.2) is 16.7 Å². The molecule has 0 aliphatic heterocycles. The summed E-state index contributed by atoms with van der Waals surface area (Å²) in [4.78, 5) is 22.8. The van der Waals surface area contributed by atoms with Gasteiger partial charge in [-0.15, -0.1) is 11.6 Å². The van der Waals surface area contributed by atoms with Gasteiger partial charge in [-0.1, -0.05) is 0 Å². The Morgan fingerprint density at radius 3 is 2.90 bits per heavy atom. The molecule has 108 valence electrons. The molecule has 0 saturated heterocycles. The van der Waals surface area contributed by atoms with E-state index in [1.54, 1.807) is 18.1 Å². The largest absolute Gasteiger partial charge is 0.344 e. The summed E-state index contributed by atoms with van der Waals surface area (Å²) in [7, 11) is 1.78. The maximum absolute atomic E-state index is 12.3. The van der Waals surface area contributed by atoms with Crippen molar-refractivity contribution < 1.29 is 4.79 Å². The molecular formula is C13H16BrClN4O. The van der Waals surface area contributed by atoms with E-state index in [0.29, 0.717) is 18.0 Å². The highest BCUT2D eigenvalue weighted by molar-refractivity contribution is 9.10. The summed E-state index contributed by atoms with van der Waals surface area (Å²) < 4.78 is 2.66. The SMILES string of the molecule is CCN(C)C(=O)C(C)n1c(CCl)nc2cc(Br)cnc21. The van der Waals surface area contributed by atoms with Crippen molar-refractivity contribution in [1.82, 2.24) is 19.4 Å². The second-order valence-corrected chi connectivity index (χ2v) is 5.74. The van der Waals surface area contributed by atoms with E-state index in [9.17, 15) is 4.79 Å². The first-order valence-corrected chi connectivity index (χ1v) is 7.65. The summed E-state index contributed by atoms with van der Waals surface area (Å²) >= 11 is 9.33. The maximum atomic E-state index is 12.3. The molecule has 20 heavy (non-hydrogen) atoms. The third kappa shape index (κ3) is 2.67. The lowest BCUT2D eigenvalue weighted by Crippen LogP contribution is -2.33. The quantitative estimate of drug-likeness (QED) is 0.789. The normalized spacial score (nSPS) is 12.7. The highest BCUT2D eigenvalue weighted by Crippen LogP contribution is 2.24. The summed E-state index contributed by atoms with van der Waals surface area (Å²) in [6, 6.07) is 1.49. The predicted molar refractivity (Wildman–Crippen MR) is 82.8 cm³/mol. The zero-order valence-corrected chi connectivity index (χ0v) is 13.9. The highest BCUT2D eigenvalue weighted by atomic mass is 79.9. The molecule has 0 N–H and O–H groups in total. The van der Waals surface area contributed by atoms with Gasteiger partial charge in [-0.2, -0.15) is 0 Å². The van der Waals surface area contributed by atoms with Gasteiger partial charge in [0.2, 0.25) is 5.91 Å². The number of imidazole rings is 1. The number of hydrogen-bond acceptors (Lipinski definition) is 3. The lowest BCUT2D eigenvalue weighted by Gasteiger charge is -2.22. The number of aromatic nitrogens is 3. The van der Waals surface area contributed by atoms with E-state index >= 15 is 0 Å². The lowest BCUT2D eigenvalue weighted by molar-refractivity contribution is -0.132. The highest BCUT2D eigenvalue weighted by Gasteiger charge is 2.24. The molecule has 1 unspecified atom stereocenters. The van der Waals surface area contributed by atoms with Crippen LogP contribution in [0.4, 0.5) is 0 Å². The van der Waals surface area contributed by atoms with E-state index in [4.69, 9.17) is 11.6 Å². The van der Waals surface area contributed by atoms with Gasteiger partial charge in [0, 0.05) is 24.3 Å². The second-order valence-electron chi connectivity index (χ2n) is 4.56. The molecule has 5 nitrogen and oxygen atoms in total.